The average molecular weight is 483 g/mol. The van der Waals surface area contributed by atoms with Gasteiger partial charge >= 0.3 is 0 Å². The van der Waals surface area contributed by atoms with Crippen LogP contribution in [0.5, 0.6) is 0 Å². The van der Waals surface area contributed by atoms with Gasteiger partial charge in [0.1, 0.15) is 0 Å². The van der Waals surface area contributed by atoms with E-state index in [2.05, 4.69) is 15.8 Å². The summed E-state index contributed by atoms with van der Waals surface area (Å²) < 4.78 is 26.5. The van der Waals surface area contributed by atoms with Gasteiger partial charge in [0.15, 0.2) is 0 Å². The highest BCUT2D eigenvalue weighted by molar-refractivity contribution is 7.89. The van der Waals surface area contributed by atoms with Crippen LogP contribution >= 0.6 is 23.2 Å². The minimum absolute atomic E-state index is 0.138. The first-order valence-corrected chi connectivity index (χ1v) is 11.6. The van der Waals surface area contributed by atoms with Crippen LogP contribution in [0.15, 0.2) is 52.5 Å². The van der Waals surface area contributed by atoms with Crippen molar-refractivity contribution in [2.45, 2.75) is 17.7 Å². The Balaban J connectivity index is 1.51. The van der Waals surface area contributed by atoms with Gasteiger partial charge in [-0.25, -0.2) is 13.8 Å². The van der Waals surface area contributed by atoms with Crippen LogP contribution in [0, 0.1) is 0 Å². The van der Waals surface area contributed by atoms with Crippen LogP contribution in [0.4, 0.5) is 0 Å². The summed E-state index contributed by atoms with van der Waals surface area (Å²) in [5, 5.41) is 7.10. The molecule has 8 nitrogen and oxygen atoms in total. The maximum absolute atomic E-state index is 12.5. The van der Waals surface area contributed by atoms with Crippen LogP contribution in [-0.2, 0) is 14.8 Å². The number of rotatable bonds is 7. The molecule has 2 N–H and O–H groups in total. The first-order valence-electron chi connectivity index (χ1n) is 9.43. The van der Waals surface area contributed by atoms with Crippen LogP contribution in [0.3, 0.4) is 0 Å². The number of hydrogen-bond acceptors (Lipinski definition) is 5. The SMILES string of the molecule is O=C(CNC(=O)c1ccc(S(=O)(=O)N2CCCC2)cc1)N/N=C/c1ccc(Cl)cc1Cl. The molecule has 3 rings (SSSR count). The van der Waals surface area contributed by atoms with Crippen molar-refractivity contribution in [3.63, 3.8) is 0 Å². The van der Waals surface area contributed by atoms with E-state index in [-0.39, 0.29) is 17.0 Å². The maximum Gasteiger partial charge on any atom is 0.259 e. The van der Waals surface area contributed by atoms with Gasteiger partial charge in [-0.3, -0.25) is 9.59 Å². The summed E-state index contributed by atoms with van der Waals surface area (Å²) in [7, 11) is -3.54. The van der Waals surface area contributed by atoms with Crippen molar-refractivity contribution in [2.75, 3.05) is 19.6 Å². The molecule has 0 spiro atoms. The Morgan fingerprint density at radius 1 is 1.06 bits per heavy atom. The van der Waals surface area contributed by atoms with Crippen LogP contribution in [0.2, 0.25) is 10.0 Å². The second kappa shape index (κ2) is 10.2. The highest BCUT2D eigenvalue weighted by atomic mass is 35.5. The number of nitrogens with zero attached hydrogens (tertiary/aromatic N) is 2. The molecule has 11 heteroatoms. The lowest BCUT2D eigenvalue weighted by molar-refractivity contribution is -0.120. The molecule has 1 fully saturated rings. The van der Waals surface area contributed by atoms with E-state index in [9.17, 15) is 18.0 Å². The monoisotopic (exact) mass is 482 g/mol. The summed E-state index contributed by atoms with van der Waals surface area (Å²) in [6, 6.07) is 10.4. The molecular formula is C20H20Cl2N4O4S. The van der Waals surface area contributed by atoms with Crippen LogP contribution < -0.4 is 10.7 Å². The van der Waals surface area contributed by atoms with E-state index >= 15 is 0 Å². The Hall–Kier alpha value is -2.46. The van der Waals surface area contributed by atoms with E-state index in [0.717, 1.165) is 12.8 Å². The van der Waals surface area contributed by atoms with Gasteiger partial charge in [0.25, 0.3) is 11.8 Å². The number of benzene rings is 2. The Morgan fingerprint density at radius 2 is 1.74 bits per heavy atom. The zero-order chi connectivity index (χ0) is 22.4. The van der Waals surface area contributed by atoms with Gasteiger partial charge in [-0.2, -0.15) is 9.41 Å². The number of carbonyl (C=O) groups excluding carboxylic acids is 2. The highest BCUT2D eigenvalue weighted by Crippen LogP contribution is 2.21. The molecular weight excluding hydrogens is 463 g/mol. The number of carbonyl (C=O) groups is 2. The quantitative estimate of drug-likeness (QED) is 0.466. The third-order valence-electron chi connectivity index (χ3n) is 4.58. The molecule has 0 aliphatic carbocycles. The van der Waals surface area contributed by atoms with E-state index in [1.165, 1.54) is 34.8 Å². The van der Waals surface area contributed by atoms with E-state index in [4.69, 9.17) is 23.2 Å². The summed E-state index contributed by atoms with van der Waals surface area (Å²) in [6.07, 6.45) is 3.05. The van der Waals surface area contributed by atoms with Crippen molar-refractivity contribution >= 4 is 51.3 Å². The standard InChI is InChI=1S/C20H20Cl2N4O4S/c21-16-6-3-15(18(22)11-16)12-24-25-19(27)13-23-20(28)14-4-7-17(8-5-14)31(29,30)26-9-1-2-10-26/h3-8,11-12H,1-2,9-10,13H2,(H,23,28)(H,25,27)/b24-12+. The first-order chi connectivity index (χ1) is 14.8. The zero-order valence-electron chi connectivity index (χ0n) is 16.3. The summed E-state index contributed by atoms with van der Waals surface area (Å²) in [6.45, 7) is 0.705. The lowest BCUT2D eigenvalue weighted by Crippen LogP contribution is -2.35. The Kier molecular flexibility index (Phi) is 7.66. The number of halogens is 2. The van der Waals surface area contributed by atoms with Gasteiger partial charge in [-0.15, -0.1) is 0 Å². The summed E-state index contributed by atoms with van der Waals surface area (Å²) >= 11 is 11.8. The second-order valence-electron chi connectivity index (χ2n) is 6.78. The normalized spacial score (nSPS) is 14.6. The fourth-order valence-corrected chi connectivity index (χ4v) is 4.91. The van der Waals surface area contributed by atoms with Gasteiger partial charge in [-0.1, -0.05) is 29.3 Å². The molecule has 0 unspecified atom stereocenters. The maximum atomic E-state index is 12.5. The van der Waals surface area contributed by atoms with Crippen molar-refractivity contribution in [1.82, 2.24) is 15.0 Å². The van der Waals surface area contributed by atoms with Crippen LogP contribution in [0.1, 0.15) is 28.8 Å². The number of sulfonamides is 1. The van der Waals surface area contributed by atoms with Crippen molar-refractivity contribution in [3.05, 3.63) is 63.6 Å². The molecule has 31 heavy (non-hydrogen) atoms. The molecule has 2 aromatic carbocycles. The highest BCUT2D eigenvalue weighted by Gasteiger charge is 2.27. The summed E-state index contributed by atoms with van der Waals surface area (Å²) in [5.41, 5.74) is 3.09. The summed E-state index contributed by atoms with van der Waals surface area (Å²) in [4.78, 5) is 24.2. The minimum atomic E-state index is -3.54. The molecule has 1 saturated heterocycles. The topological polar surface area (TPSA) is 108 Å². The minimum Gasteiger partial charge on any atom is -0.343 e. The van der Waals surface area contributed by atoms with Crippen molar-refractivity contribution < 1.29 is 18.0 Å². The molecule has 0 aromatic heterocycles. The first kappa shape index (κ1) is 23.2. The molecule has 0 atom stereocenters. The molecule has 0 saturated carbocycles. The van der Waals surface area contributed by atoms with Gasteiger partial charge in [0.05, 0.1) is 22.7 Å². The largest absolute Gasteiger partial charge is 0.343 e. The predicted molar refractivity (Wildman–Crippen MR) is 119 cm³/mol. The van der Waals surface area contributed by atoms with E-state index in [0.29, 0.717) is 28.7 Å². The number of amides is 2. The summed E-state index contributed by atoms with van der Waals surface area (Å²) in [5.74, 6) is -1.05. The average Bonchev–Trinajstić information content (AvgIpc) is 3.29. The third-order valence-corrected chi connectivity index (χ3v) is 7.06. The van der Waals surface area contributed by atoms with Gasteiger partial charge < -0.3 is 5.32 Å². The van der Waals surface area contributed by atoms with Gasteiger partial charge in [0, 0.05) is 29.2 Å². The van der Waals surface area contributed by atoms with Crippen molar-refractivity contribution in [1.29, 1.82) is 0 Å². The van der Waals surface area contributed by atoms with E-state index in [1.54, 1.807) is 18.2 Å². The Labute approximate surface area is 190 Å². The fraction of sp³-hybridized carbons (Fsp3) is 0.250. The van der Waals surface area contributed by atoms with Gasteiger partial charge in [0.2, 0.25) is 10.0 Å². The Morgan fingerprint density at radius 3 is 2.39 bits per heavy atom. The van der Waals surface area contributed by atoms with Crippen molar-refractivity contribution in [3.8, 4) is 0 Å². The smallest absolute Gasteiger partial charge is 0.259 e. The number of nitrogens with one attached hydrogen (secondary N) is 2. The van der Waals surface area contributed by atoms with E-state index in [1.807, 2.05) is 0 Å². The number of hydrogen-bond donors (Lipinski definition) is 2. The molecule has 1 aliphatic heterocycles. The lowest BCUT2D eigenvalue weighted by atomic mass is 10.2. The predicted octanol–water partition coefficient (Wildman–Crippen LogP) is 2.66. The molecule has 1 aliphatic rings. The van der Waals surface area contributed by atoms with Gasteiger partial charge in [-0.05, 0) is 49.2 Å². The van der Waals surface area contributed by atoms with Crippen molar-refractivity contribution in [2.24, 2.45) is 5.10 Å². The van der Waals surface area contributed by atoms with E-state index < -0.39 is 21.8 Å². The molecule has 0 radical (unpaired) electrons. The lowest BCUT2D eigenvalue weighted by Gasteiger charge is -2.15. The molecule has 0 bridgehead atoms. The zero-order valence-corrected chi connectivity index (χ0v) is 18.7. The third kappa shape index (κ3) is 6.04. The Bertz CT molecular complexity index is 1100. The van der Waals surface area contributed by atoms with Crippen LogP contribution in [-0.4, -0.2) is 50.4 Å². The molecule has 2 amide bonds. The number of hydrazone groups is 1. The fourth-order valence-electron chi connectivity index (χ4n) is 2.94. The second-order valence-corrected chi connectivity index (χ2v) is 9.56. The molecule has 1 heterocycles. The molecule has 164 valence electrons. The molecule has 2 aromatic rings. The van der Waals surface area contributed by atoms with Crippen LogP contribution in [0.25, 0.3) is 0 Å².